The molecule has 2 aromatic rings. The summed E-state index contributed by atoms with van der Waals surface area (Å²) in [5, 5.41) is 10.4. The normalized spacial score (nSPS) is 18.0. The molecule has 28 heavy (non-hydrogen) atoms. The minimum Gasteiger partial charge on any atom is -0.491 e. The van der Waals surface area contributed by atoms with Gasteiger partial charge in [0.2, 0.25) is 0 Å². The molecule has 3 rings (SSSR count). The van der Waals surface area contributed by atoms with Gasteiger partial charge in [-0.2, -0.15) is 0 Å². The van der Waals surface area contributed by atoms with Crippen molar-refractivity contribution in [2.24, 2.45) is 0 Å². The Balaban J connectivity index is 1.50. The average Bonchev–Trinajstić information content (AvgIpc) is 3.15. The first-order valence-corrected chi connectivity index (χ1v) is 9.64. The highest BCUT2D eigenvalue weighted by Gasteiger charge is 2.27. The van der Waals surface area contributed by atoms with Gasteiger partial charge in [0.15, 0.2) is 0 Å². The van der Waals surface area contributed by atoms with Crippen LogP contribution in [-0.2, 0) is 4.74 Å². The van der Waals surface area contributed by atoms with Gasteiger partial charge in [0.1, 0.15) is 24.3 Å². The molecule has 1 aliphatic rings. The van der Waals surface area contributed by atoms with Gasteiger partial charge >= 0.3 is 5.97 Å². The molecule has 0 amide bonds. The number of carbonyl (C=O) groups is 1. The van der Waals surface area contributed by atoms with Gasteiger partial charge < -0.3 is 14.6 Å². The van der Waals surface area contributed by atoms with Crippen molar-refractivity contribution in [3.63, 3.8) is 0 Å². The first-order chi connectivity index (χ1) is 13.6. The first kappa shape index (κ1) is 20.3. The maximum atomic E-state index is 13.2. The molecule has 150 valence electrons. The summed E-state index contributed by atoms with van der Waals surface area (Å²) in [6, 6.07) is 13.4. The number of nitrogens with zero attached hydrogens (tertiary/aromatic N) is 1. The fourth-order valence-electron chi connectivity index (χ4n) is 3.52. The lowest BCUT2D eigenvalue weighted by atomic mass is 10.0. The first-order valence-electron chi connectivity index (χ1n) is 9.64. The second-order valence-electron chi connectivity index (χ2n) is 6.91. The predicted molar refractivity (Wildman–Crippen MR) is 104 cm³/mol. The van der Waals surface area contributed by atoms with Crippen molar-refractivity contribution in [3.8, 4) is 5.75 Å². The topological polar surface area (TPSA) is 59.0 Å². The van der Waals surface area contributed by atoms with Crippen molar-refractivity contribution in [2.45, 2.75) is 31.9 Å². The van der Waals surface area contributed by atoms with Crippen molar-refractivity contribution in [1.82, 2.24) is 4.90 Å². The Hall–Kier alpha value is -2.44. The van der Waals surface area contributed by atoms with E-state index in [0.717, 1.165) is 24.9 Å². The van der Waals surface area contributed by atoms with E-state index >= 15 is 0 Å². The number of hydrogen-bond acceptors (Lipinski definition) is 5. The minimum atomic E-state index is -0.647. The molecule has 1 N–H and O–H groups in total. The predicted octanol–water partition coefficient (Wildman–Crippen LogP) is 3.58. The second kappa shape index (κ2) is 9.66. The smallest absolute Gasteiger partial charge is 0.338 e. The summed E-state index contributed by atoms with van der Waals surface area (Å²) in [7, 11) is 0. The van der Waals surface area contributed by atoms with Crippen molar-refractivity contribution >= 4 is 5.97 Å². The lowest BCUT2D eigenvalue weighted by molar-refractivity contribution is 0.0525. The Morgan fingerprint density at radius 1 is 1.21 bits per heavy atom. The number of β-amino-alcohol motifs (C(OH)–C–C–N with tert-alkyl or cyclic N) is 1. The summed E-state index contributed by atoms with van der Waals surface area (Å²) in [5.74, 6) is -0.0192. The molecule has 2 atom stereocenters. The van der Waals surface area contributed by atoms with Crippen LogP contribution < -0.4 is 4.74 Å². The molecule has 0 spiro atoms. The third-order valence-corrected chi connectivity index (χ3v) is 4.87. The van der Waals surface area contributed by atoms with E-state index in [9.17, 15) is 14.3 Å². The van der Waals surface area contributed by atoms with E-state index in [1.165, 1.54) is 12.1 Å². The zero-order valence-electron chi connectivity index (χ0n) is 16.0. The Morgan fingerprint density at radius 2 is 1.93 bits per heavy atom. The maximum Gasteiger partial charge on any atom is 0.338 e. The van der Waals surface area contributed by atoms with E-state index < -0.39 is 6.10 Å². The van der Waals surface area contributed by atoms with Gasteiger partial charge in [-0.15, -0.1) is 0 Å². The van der Waals surface area contributed by atoms with Gasteiger partial charge in [-0.25, -0.2) is 9.18 Å². The van der Waals surface area contributed by atoms with Crippen LogP contribution in [0.25, 0.3) is 0 Å². The lowest BCUT2D eigenvalue weighted by Crippen LogP contribution is -2.35. The summed E-state index contributed by atoms with van der Waals surface area (Å²) in [6.07, 6.45) is 1.39. The SMILES string of the molecule is CCOC(=O)c1ccc(OC[C@@H](O)CN2CCC[C@@H]2c2ccc(F)cc2)cc1. The molecule has 0 bridgehead atoms. The summed E-state index contributed by atoms with van der Waals surface area (Å²) in [4.78, 5) is 13.9. The third-order valence-electron chi connectivity index (χ3n) is 4.87. The number of esters is 1. The largest absolute Gasteiger partial charge is 0.491 e. The van der Waals surface area contributed by atoms with E-state index in [1.807, 2.05) is 12.1 Å². The minimum absolute atomic E-state index is 0.158. The molecule has 0 aliphatic carbocycles. The molecule has 0 aromatic heterocycles. The Bertz CT molecular complexity index is 763. The lowest BCUT2D eigenvalue weighted by Gasteiger charge is -2.27. The number of aliphatic hydroxyl groups excluding tert-OH is 1. The van der Waals surface area contributed by atoms with E-state index in [0.29, 0.717) is 24.5 Å². The number of halogens is 1. The van der Waals surface area contributed by atoms with E-state index in [-0.39, 0.29) is 24.4 Å². The van der Waals surface area contributed by atoms with Crippen LogP contribution in [0.5, 0.6) is 5.75 Å². The van der Waals surface area contributed by atoms with Crippen LogP contribution in [0, 0.1) is 5.82 Å². The number of hydrogen-bond donors (Lipinski definition) is 1. The molecule has 2 aromatic carbocycles. The van der Waals surface area contributed by atoms with Crippen LogP contribution in [0.2, 0.25) is 0 Å². The molecule has 5 nitrogen and oxygen atoms in total. The number of benzene rings is 2. The zero-order valence-corrected chi connectivity index (χ0v) is 16.0. The van der Waals surface area contributed by atoms with Crippen LogP contribution in [0.3, 0.4) is 0 Å². The number of aliphatic hydroxyl groups is 1. The highest BCUT2D eigenvalue weighted by atomic mass is 19.1. The average molecular weight is 387 g/mol. The molecule has 1 aliphatic heterocycles. The summed E-state index contributed by atoms with van der Waals surface area (Å²) in [6.45, 7) is 3.64. The molecule has 1 fully saturated rings. The molecular formula is C22H26FNO4. The van der Waals surface area contributed by atoms with E-state index in [1.54, 1.807) is 31.2 Å². The maximum absolute atomic E-state index is 13.2. The van der Waals surface area contributed by atoms with Crippen molar-refractivity contribution in [2.75, 3.05) is 26.3 Å². The summed E-state index contributed by atoms with van der Waals surface area (Å²) in [5.41, 5.74) is 1.54. The van der Waals surface area contributed by atoms with Crippen LogP contribution in [0.1, 0.15) is 41.7 Å². The third kappa shape index (κ3) is 5.30. The van der Waals surface area contributed by atoms with Crippen LogP contribution in [0.4, 0.5) is 4.39 Å². The second-order valence-corrected chi connectivity index (χ2v) is 6.91. The Morgan fingerprint density at radius 3 is 2.61 bits per heavy atom. The fourth-order valence-corrected chi connectivity index (χ4v) is 3.52. The number of likely N-dealkylation sites (tertiary alicyclic amines) is 1. The zero-order chi connectivity index (χ0) is 19.9. The van der Waals surface area contributed by atoms with Gasteiger partial charge in [0.25, 0.3) is 0 Å². The van der Waals surface area contributed by atoms with Gasteiger partial charge in [-0.1, -0.05) is 12.1 Å². The molecule has 0 saturated carbocycles. The molecule has 1 saturated heterocycles. The van der Waals surface area contributed by atoms with E-state index in [2.05, 4.69) is 4.90 Å². The van der Waals surface area contributed by atoms with Crippen LogP contribution >= 0.6 is 0 Å². The van der Waals surface area contributed by atoms with Crippen molar-refractivity contribution in [1.29, 1.82) is 0 Å². The quantitative estimate of drug-likeness (QED) is 0.702. The molecule has 1 heterocycles. The van der Waals surface area contributed by atoms with Gasteiger partial charge in [-0.05, 0) is 68.3 Å². The van der Waals surface area contributed by atoms with Gasteiger partial charge in [-0.3, -0.25) is 4.90 Å². The standard InChI is InChI=1S/C22H26FNO4/c1-2-27-22(26)17-7-11-20(12-8-17)28-15-19(25)14-24-13-3-4-21(24)16-5-9-18(23)10-6-16/h5-12,19,21,25H,2-4,13-15H2,1H3/t19-,21+/m0/s1. The fraction of sp³-hybridized carbons (Fsp3) is 0.409. The van der Waals surface area contributed by atoms with Crippen LogP contribution in [-0.4, -0.2) is 48.4 Å². The Kier molecular flexibility index (Phi) is 7.01. The summed E-state index contributed by atoms with van der Waals surface area (Å²) >= 11 is 0. The van der Waals surface area contributed by atoms with Gasteiger partial charge in [0, 0.05) is 12.6 Å². The number of rotatable bonds is 8. The Labute approximate surface area is 164 Å². The molecule has 0 unspecified atom stereocenters. The van der Waals surface area contributed by atoms with Crippen LogP contribution in [0.15, 0.2) is 48.5 Å². The van der Waals surface area contributed by atoms with Crippen molar-refractivity contribution in [3.05, 3.63) is 65.5 Å². The molecule has 0 radical (unpaired) electrons. The number of ether oxygens (including phenoxy) is 2. The highest BCUT2D eigenvalue weighted by Crippen LogP contribution is 2.32. The monoisotopic (exact) mass is 387 g/mol. The molecule has 6 heteroatoms. The molecular weight excluding hydrogens is 361 g/mol. The van der Waals surface area contributed by atoms with Crippen molar-refractivity contribution < 1.29 is 23.8 Å². The number of carbonyl (C=O) groups excluding carboxylic acids is 1. The van der Waals surface area contributed by atoms with Gasteiger partial charge in [0.05, 0.1) is 12.2 Å². The highest BCUT2D eigenvalue weighted by molar-refractivity contribution is 5.89. The van der Waals surface area contributed by atoms with E-state index in [4.69, 9.17) is 9.47 Å². The summed E-state index contributed by atoms with van der Waals surface area (Å²) < 4.78 is 23.8.